The van der Waals surface area contributed by atoms with Gasteiger partial charge in [-0.15, -0.1) is 0 Å². The summed E-state index contributed by atoms with van der Waals surface area (Å²) in [6.45, 7) is 0.366. The van der Waals surface area contributed by atoms with Crippen LogP contribution in [0.3, 0.4) is 0 Å². The Morgan fingerprint density at radius 3 is 2.91 bits per heavy atom. The maximum Gasteiger partial charge on any atom is 0.170 e. The molecular formula is C14H13BrN6O. The van der Waals surface area contributed by atoms with Gasteiger partial charge in [0.2, 0.25) is 0 Å². The molecule has 0 aliphatic carbocycles. The van der Waals surface area contributed by atoms with Crippen molar-refractivity contribution >= 4 is 39.2 Å². The Bertz CT molecular complexity index is 846. The van der Waals surface area contributed by atoms with E-state index < -0.39 is 0 Å². The highest BCUT2D eigenvalue weighted by Gasteiger charge is 2.10. The zero-order valence-electron chi connectivity index (χ0n) is 11.5. The van der Waals surface area contributed by atoms with Crippen LogP contribution in [0.15, 0.2) is 41.0 Å². The number of hydrogen-bond donors (Lipinski definition) is 2. The van der Waals surface area contributed by atoms with E-state index in [-0.39, 0.29) is 0 Å². The molecule has 2 heterocycles. The number of fused-ring (bicyclic) bond motifs is 1. The molecule has 22 heavy (non-hydrogen) atoms. The molecule has 8 heteroatoms. The number of aldehydes is 1. The van der Waals surface area contributed by atoms with Gasteiger partial charge in [-0.2, -0.15) is 5.10 Å². The van der Waals surface area contributed by atoms with Gasteiger partial charge in [0.15, 0.2) is 11.9 Å². The van der Waals surface area contributed by atoms with Gasteiger partial charge in [0.05, 0.1) is 29.8 Å². The second kappa shape index (κ2) is 5.74. The third kappa shape index (κ3) is 2.78. The molecule has 7 nitrogen and oxygen atoms in total. The van der Waals surface area contributed by atoms with E-state index in [1.165, 1.54) is 5.01 Å². The normalized spacial score (nSPS) is 10.8. The molecule has 0 saturated heterocycles. The molecule has 4 N–H and O–H groups in total. The molecule has 0 aliphatic rings. The van der Waals surface area contributed by atoms with E-state index in [0.29, 0.717) is 35.5 Å². The highest BCUT2D eigenvalue weighted by Crippen LogP contribution is 2.26. The van der Waals surface area contributed by atoms with Crippen molar-refractivity contribution in [2.75, 3.05) is 10.7 Å². The first-order valence-electron chi connectivity index (χ1n) is 6.44. The highest BCUT2D eigenvalue weighted by molar-refractivity contribution is 9.10. The van der Waals surface area contributed by atoms with Gasteiger partial charge in [0.1, 0.15) is 5.69 Å². The molecule has 112 valence electrons. The number of imidazole rings is 1. The molecule has 0 saturated carbocycles. The third-order valence-electron chi connectivity index (χ3n) is 3.15. The van der Waals surface area contributed by atoms with Gasteiger partial charge in [-0.25, -0.2) is 15.3 Å². The molecule has 3 rings (SSSR count). The Morgan fingerprint density at radius 1 is 1.32 bits per heavy atom. The molecule has 0 fully saturated rings. The number of halogens is 1. The number of carbonyl (C=O) groups excluding carboxylic acids is 1. The van der Waals surface area contributed by atoms with Gasteiger partial charge in [0, 0.05) is 4.47 Å². The summed E-state index contributed by atoms with van der Waals surface area (Å²) >= 11 is 3.39. The fraction of sp³-hybridized carbons (Fsp3) is 0.0714. The summed E-state index contributed by atoms with van der Waals surface area (Å²) in [5.74, 6) is 6.08. The minimum absolute atomic E-state index is 0.338. The summed E-state index contributed by atoms with van der Waals surface area (Å²) in [6.07, 6.45) is 2.26. The maximum absolute atomic E-state index is 10.7. The van der Waals surface area contributed by atoms with Crippen molar-refractivity contribution in [1.29, 1.82) is 0 Å². The van der Waals surface area contributed by atoms with Crippen LogP contribution in [0.4, 0.5) is 11.4 Å². The van der Waals surface area contributed by atoms with Crippen molar-refractivity contribution in [1.82, 2.24) is 14.6 Å². The number of anilines is 2. The fourth-order valence-corrected chi connectivity index (χ4v) is 2.46. The SMILES string of the molecule is Nc1ccc(Br)cc1N(N)Cc1ccc2nc(C=O)cn2n1. The number of hydrazine groups is 1. The van der Waals surface area contributed by atoms with E-state index in [0.717, 1.165) is 10.2 Å². The van der Waals surface area contributed by atoms with Crippen molar-refractivity contribution in [3.63, 3.8) is 0 Å². The van der Waals surface area contributed by atoms with E-state index in [1.54, 1.807) is 22.8 Å². The molecule has 1 aromatic carbocycles. The second-order valence-corrected chi connectivity index (χ2v) is 5.66. The number of nitrogen functional groups attached to an aromatic ring is 1. The van der Waals surface area contributed by atoms with Crippen LogP contribution in [-0.4, -0.2) is 20.9 Å². The van der Waals surface area contributed by atoms with Crippen LogP contribution in [0.1, 0.15) is 16.2 Å². The summed E-state index contributed by atoms with van der Waals surface area (Å²) in [7, 11) is 0. The molecule has 3 aromatic rings. The number of hydrogen-bond acceptors (Lipinski definition) is 6. The summed E-state index contributed by atoms with van der Waals surface area (Å²) in [5.41, 5.74) is 8.90. The van der Waals surface area contributed by atoms with Crippen molar-refractivity contribution in [3.05, 3.63) is 52.4 Å². The molecule has 0 aliphatic heterocycles. The van der Waals surface area contributed by atoms with E-state index >= 15 is 0 Å². The topological polar surface area (TPSA) is 103 Å². The monoisotopic (exact) mass is 360 g/mol. The quantitative estimate of drug-likeness (QED) is 0.318. The lowest BCUT2D eigenvalue weighted by Gasteiger charge is -2.20. The van der Waals surface area contributed by atoms with Crippen molar-refractivity contribution in [2.45, 2.75) is 6.54 Å². The summed E-state index contributed by atoms with van der Waals surface area (Å²) < 4.78 is 2.44. The predicted molar refractivity (Wildman–Crippen MR) is 87.3 cm³/mol. The van der Waals surface area contributed by atoms with Crippen molar-refractivity contribution < 1.29 is 4.79 Å². The van der Waals surface area contributed by atoms with Crippen LogP contribution in [0.2, 0.25) is 0 Å². The fourth-order valence-electron chi connectivity index (χ4n) is 2.11. The number of nitrogens with two attached hydrogens (primary N) is 2. The largest absolute Gasteiger partial charge is 0.397 e. The van der Waals surface area contributed by atoms with E-state index in [9.17, 15) is 4.79 Å². The van der Waals surface area contributed by atoms with E-state index in [1.807, 2.05) is 18.2 Å². The molecule has 0 atom stereocenters. The van der Waals surface area contributed by atoms with Gasteiger partial charge >= 0.3 is 0 Å². The number of aromatic nitrogens is 3. The van der Waals surface area contributed by atoms with Gasteiger partial charge < -0.3 is 10.7 Å². The molecule has 2 aromatic heterocycles. The molecule has 0 bridgehead atoms. The smallest absolute Gasteiger partial charge is 0.170 e. The van der Waals surface area contributed by atoms with Crippen LogP contribution < -0.4 is 16.6 Å². The first kappa shape index (κ1) is 14.5. The van der Waals surface area contributed by atoms with Gasteiger partial charge in [-0.05, 0) is 30.3 Å². The molecule has 0 spiro atoms. The van der Waals surface area contributed by atoms with Crippen molar-refractivity contribution in [2.24, 2.45) is 5.84 Å². The summed E-state index contributed by atoms with van der Waals surface area (Å²) in [5, 5.41) is 5.90. The Morgan fingerprint density at radius 2 is 2.14 bits per heavy atom. The van der Waals surface area contributed by atoms with Gasteiger partial charge in [0.25, 0.3) is 0 Å². The lowest BCUT2D eigenvalue weighted by Crippen LogP contribution is -2.31. The van der Waals surface area contributed by atoms with Gasteiger partial charge in [-0.1, -0.05) is 15.9 Å². The first-order chi connectivity index (χ1) is 10.6. The second-order valence-electron chi connectivity index (χ2n) is 4.74. The van der Waals surface area contributed by atoms with E-state index in [4.69, 9.17) is 11.6 Å². The number of carbonyl (C=O) groups is 1. The molecular weight excluding hydrogens is 348 g/mol. The van der Waals surface area contributed by atoms with Crippen LogP contribution in [0.5, 0.6) is 0 Å². The van der Waals surface area contributed by atoms with Crippen LogP contribution in [0.25, 0.3) is 5.65 Å². The average molecular weight is 361 g/mol. The van der Waals surface area contributed by atoms with Crippen LogP contribution >= 0.6 is 15.9 Å². The number of rotatable bonds is 4. The number of nitrogens with zero attached hydrogens (tertiary/aromatic N) is 4. The minimum Gasteiger partial charge on any atom is -0.397 e. The standard InChI is InChI=1S/C14H13BrN6O/c15-9-1-3-12(16)13(5-9)20(17)6-10-2-4-14-18-11(8-22)7-21(14)19-10/h1-5,7-8H,6,16-17H2. The Hall–Kier alpha value is -2.45. The number of benzene rings is 1. The lowest BCUT2D eigenvalue weighted by atomic mass is 10.2. The summed E-state index contributed by atoms with van der Waals surface area (Å²) in [6, 6.07) is 9.07. The Kier molecular flexibility index (Phi) is 3.78. The first-order valence-corrected chi connectivity index (χ1v) is 7.24. The molecule has 0 amide bonds. The molecule has 0 radical (unpaired) electrons. The lowest BCUT2D eigenvalue weighted by molar-refractivity contribution is 0.111. The third-order valence-corrected chi connectivity index (χ3v) is 3.64. The zero-order valence-corrected chi connectivity index (χ0v) is 13.1. The zero-order chi connectivity index (χ0) is 15.7. The maximum atomic E-state index is 10.7. The minimum atomic E-state index is 0.338. The Labute approximate surface area is 134 Å². The van der Waals surface area contributed by atoms with Crippen LogP contribution in [0, 0.1) is 0 Å². The summed E-state index contributed by atoms with van der Waals surface area (Å²) in [4.78, 5) is 14.8. The van der Waals surface area contributed by atoms with E-state index in [2.05, 4.69) is 26.0 Å². The van der Waals surface area contributed by atoms with Crippen molar-refractivity contribution in [3.8, 4) is 0 Å². The Balaban J connectivity index is 1.88. The van der Waals surface area contributed by atoms with Crippen LogP contribution in [-0.2, 0) is 6.54 Å². The predicted octanol–water partition coefficient (Wildman–Crippen LogP) is 1.77. The van der Waals surface area contributed by atoms with Gasteiger partial charge in [-0.3, -0.25) is 4.79 Å². The molecule has 0 unspecified atom stereocenters. The average Bonchev–Trinajstić information content (AvgIpc) is 2.92. The highest BCUT2D eigenvalue weighted by atomic mass is 79.9.